The molecular formula is C26H26FN3O6S. The van der Waals surface area contributed by atoms with E-state index in [9.17, 15) is 22.4 Å². The quantitative estimate of drug-likeness (QED) is 0.463. The Kier molecular flexibility index (Phi) is 7.63. The van der Waals surface area contributed by atoms with Crippen LogP contribution in [-0.2, 0) is 14.8 Å². The van der Waals surface area contributed by atoms with Gasteiger partial charge in [0.2, 0.25) is 5.91 Å². The van der Waals surface area contributed by atoms with Crippen LogP contribution >= 0.6 is 0 Å². The number of carbonyl (C=O) groups excluding carboxylic acids is 2. The summed E-state index contributed by atoms with van der Waals surface area (Å²) in [6, 6.07) is 15.3. The number of hydrogen-bond acceptors (Lipinski definition) is 6. The summed E-state index contributed by atoms with van der Waals surface area (Å²) in [5, 5.41) is 5.36. The highest BCUT2D eigenvalue weighted by Crippen LogP contribution is 2.34. The van der Waals surface area contributed by atoms with Crippen LogP contribution in [0, 0.1) is 5.82 Å². The van der Waals surface area contributed by atoms with Crippen LogP contribution in [0.4, 0.5) is 15.8 Å². The molecule has 0 saturated heterocycles. The number of halogens is 1. The SMILES string of the molecule is CC(C)NC(=O)c1ccccc1NC(=O)CN(c1cccc(F)c1)S(=O)(=O)c1ccc2c(c1)OCCO2. The number of nitrogens with zero attached hydrogens (tertiary/aromatic N) is 1. The Morgan fingerprint density at radius 3 is 2.43 bits per heavy atom. The van der Waals surface area contributed by atoms with E-state index in [0.717, 1.165) is 10.4 Å². The summed E-state index contributed by atoms with van der Waals surface area (Å²) in [6.07, 6.45) is 0. The van der Waals surface area contributed by atoms with Gasteiger partial charge in [0.25, 0.3) is 15.9 Å². The lowest BCUT2D eigenvalue weighted by Gasteiger charge is -2.25. The fourth-order valence-corrected chi connectivity index (χ4v) is 5.14. The number of nitrogens with one attached hydrogen (secondary N) is 2. The maximum Gasteiger partial charge on any atom is 0.264 e. The lowest BCUT2D eigenvalue weighted by Crippen LogP contribution is -2.38. The molecule has 0 atom stereocenters. The molecule has 3 aromatic rings. The molecule has 9 nitrogen and oxygen atoms in total. The minimum atomic E-state index is -4.34. The summed E-state index contributed by atoms with van der Waals surface area (Å²) in [4.78, 5) is 25.5. The number of anilines is 2. The molecule has 0 spiro atoms. The molecule has 1 heterocycles. The molecule has 0 aliphatic carbocycles. The molecule has 1 aliphatic heterocycles. The third-order valence-corrected chi connectivity index (χ3v) is 7.12. The number of benzene rings is 3. The summed E-state index contributed by atoms with van der Waals surface area (Å²) in [6.45, 7) is 3.53. The normalized spacial score (nSPS) is 12.6. The summed E-state index contributed by atoms with van der Waals surface area (Å²) >= 11 is 0. The van der Waals surface area contributed by atoms with E-state index in [-0.39, 0.29) is 40.2 Å². The molecule has 2 N–H and O–H groups in total. The van der Waals surface area contributed by atoms with Gasteiger partial charge in [-0.15, -0.1) is 0 Å². The van der Waals surface area contributed by atoms with Crippen molar-refractivity contribution in [1.29, 1.82) is 0 Å². The predicted octanol–water partition coefficient (Wildman–Crippen LogP) is 3.57. The lowest BCUT2D eigenvalue weighted by atomic mass is 10.1. The van der Waals surface area contributed by atoms with Crippen LogP contribution in [-0.4, -0.2) is 46.0 Å². The maximum atomic E-state index is 14.1. The largest absolute Gasteiger partial charge is 0.486 e. The number of ether oxygens (including phenoxy) is 2. The smallest absolute Gasteiger partial charge is 0.264 e. The summed E-state index contributed by atoms with van der Waals surface area (Å²) in [5.74, 6) is -1.14. The van der Waals surface area contributed by atoms with Gasteiger partial charge in [0.15, 0.2) is 11.5 Å². The zero-order valence-corrected chi connectivity index (χ0v) is 21.0. The molecule has 2 amide bonds. The number of hydrogen-bond donors (Lipinski definition) is 2. The van der Waals surface area contributed by atoms with Gasteiger partial charge >= 0.3 is 0 Å². The topological polar surface area (TPSA) is 114 Å². The van der Waals surface area contributed by atoms with Crippen molar-refractivity contribution in [2.24, 2.45) is 0 Å². The van der Waals surface area contributed by atoms with Crippen molar-refractivity contribution in [3.05, 3.63) is 78.1 Å². The first-order valence-electron chi connectivity index (χ1n) is 11.5. The Bertz CT molecular complexity index is 1430. The molecule has 0 fully saturated rings. The van der Waals surface area contributed by atoms with Crippen LogP contribution in [0.25, 0.3) is 0 Å². The molecule has 0 aromatic heterocycles. The van der Waals surface area contributed by atoms with Crippen LogP contribution in [0.1, 0.15) is 24.2 Å². The third kappa shape index (κ3) is 6.00. The van der Waals surface area contributed by atoms with Gasteiger partial charge in [-0.05, 0) is 56.3 Å². The highest BCUT2D eigenvalue weighted by molar-refractivity contribution is 7.92. The summed E-state index contributed by atoms with van der Waals surface area (Å²) < 4.78 is 53.2. The van der Waals surface area contributed by atoms with E-state index < -0.39 is 34.2 Å². The zero-order valence-electron chi connectivity index (χ0n) is 20.2. The Morgan fingerprint density at radius 1 is 0.973 bits per heavy atom. The molecule has 11 heteroatoms. The van der Waals surface area contributed by atoms with Crippen molar-refractivity contribution >= 4 is 33.2 Å². The third-order valence-electron chi connectivity index (χ3n) is 5.35. The van der Waals surface area contributed by atoms with Gasteiger partial charge in [0, 0.05) is 12.1 Å². The standard InChI is InChI=1S/C26H26FN3O6S/c1-17(2)28-26(32)21-8-3-4-9-22(21)29-25(31)16-30(19-7-5-6-18(27)14-19)37(33,34)20-10-11-23-24(15-20)36-13-12-35-23/h3-11,14-15,17H,12-13,16H2,1-2H3,(H,28,32)(H,29,31). The predicted molar refractivity (Wildman–Crippen MR) is 136 cm³/mol. The number of para-hydroxylation sites is 1. The number of sulfonamides is 1. The van der Waals surface area contributed by atoms with Crippen LogP contribution < -0.4 is 24.4 Å². The zero-order chi connectivity index (χ0) is 26.6. The molecular weight excluding hydrogens is 501 g/mol. The van der Waals surface area contributed by atoms with Gasteiger partial charge in [0.1, 0.15) is 25.6 Å². The fourth-order valence-electron chi connectivity index (χ4n) is 3.71. The molecule has 4 rings (SSSR count). The van der Waals surface area contributed by atoms with Crippen molar-refractivity contribution in [2.75, 3.05) is 29.4 Å². The number of carbonyl (C=O) groups is 2. The van der Waals surface area contributed by atoms with Gasteiger partial charge in [-0.1, -0.05) is 18.2 Å². The van der Waals surface area contributed by atoms with E-state index >= 15 is 0 Å². The number of fused-ring (bicyclic) bond motifs is 1. The van der Waals surface area contributed by atoms with E-state index in [4.69, 9.17) is 9.47 Å². The Labute approximate surface area is 214 Å². The first-order valence-corrected chi connectivity index (χ1v) is 13.0. The number of rotatable bonds is 8. The Morgan fingerprint density at radius 2 is 1.70 bits per heavy atom. The average molecular weight is 528 g/mol. The Balaban J connectivity index is 1.65. The van der Waals surface area contributed by atoms with Crippen LogP contribution in [0.3, 0.4) is 0 Å². The summed E-state index contributed by atoms with van der Waals surface area (Å²) in [7, 11) is -4.34. The van der Waals surface area contributed by atoms with Gasteiger partial charge in [-0.25, -0.2) is 12.8 Å². The second-order valence-corrected chi connectivity index (χ2v) is 10.4. The van der Waals surface area contributed by atoms with Crippen molar-refractivity contribution in [2.45, 2.75) is 24.8 Å². The van der Waals surface area contributed by atoms with Crippen LogP contribution in [0.15, 0.2) is 71.6 Å². The first-order chi connectivity index (χ1) is 17.6. The lowest BCUT2D eigenvalue weighted by molar-refractivity contribution is -0.114. The van der Waals surface area contributed by atoms with Gasteiger partial charge < -0.3 is 20.1 Å². The van der Waals surface area contributed by atoms with Crippen molar-refractivity contribution in [3.8, 4) is 11.5 Å². The molecule has 1 aliphatic rings. The molecule has 194 valence electrons. The van der Waals surface area contributed by atoms with Crippen molar-refractivity contribution in [1.82, 2.24) is 5.32 Å². The number of amides is 2. The van der Waals surface area contributed by atoms with Crippen molar-refractivity contribution < 1.29 is 31.9 Å². The second-order valence-electron chi connectivity index (χ2n) is 8.52. The highest BCUT2D eigenvalue weighted by Gasteiger charge is 2.29. The van der Waals surface area contributed by atoms with Gasteiger partial charge in [0.05, 0.1) is 21.8 Å². The van der Waals surface area contributed by atoms with E-state index in [1.54, 1.807) is 32.0 Å². The van der Waals surface area contributed by atoms with Gasteiger partial charge in [-0.2, -0.15) is 0 Å². The Hall–Kier alpha value is -4.12. The minimum Gasteiger partial charge on any atom is -0.486 e. The maximum absolute atomic E-state index is 14.1. The van der Waals surface area contributed by atoms with Crippen LogP contribution in [0.2, 0.25) is 0 Å². The van der Waals surface area contributed by atoms with Crippen LogP contribution in [0.5, 0.6) is 11.5 Å². The van der Waals surface area contributed by atoms with E-state index in [2.05, 4.69) is 10.6 Å². The van der Waals surface area contributed by atoms with E-state index in [1.807, 2.05) is 0 Å². The minimum absolute atomic E-state index is 0.0455. The fraction of sp³-hybridized carbons (Fsp3) is 0.231. The molecule has 37 heavy (non-hydrogen) atoms. The summed E-state index contributed by atoms with van der Waals surface area (Å²) in [5.41, 5.74) is 0.383. The van der Waals surface area contributed by atoms with Gasteiger partial charge in [-0.3, -0.25) is 13.9 Å². The molecule has 0 radical (unpaired) electrons. The van der Waals surface area contributed by atoms with E-state index in [0.29, 0.717) is 12.4 Å². The molecule has 0 unspecified atom stereocenters. The first kappa shape index (κ1) is 26.0. The molecule has 0 bridgehead atoms. The highest BCUT2D eigenvalue weighted by atomic mass is 32.2. The monoisotopic (exact) mass is 527 g/mol. The molecule has 3 aromatic carbocycles. The second kappa shape index (κ2) is 10.9. The molecule has 0 saturated carbocycles. The average Bonchev–Trinajstić information content (AvgIpc) is 2.86. The van der Waals surface area contributed by atoms with E-state index in [1.165, 1.54) is 42.5 Å². The van der Waals surface area contributed by atoms with Crippen molar-refractivity contribution in [3.63, 3.8) is 0 Å².